The van der Waals surface area contributed by atoms with E-state index in [-0.39, 0.29) is 12.1 Å². The van der Waals surface area contributed by atoms with Gasteiger partial charge in [-0.25, -0.2) is 14.8 Å². The van der Waals surface area contributed by atoms with Gasteiger partial charge in [-0.05, 0) is 25.0 Å². The van der Waals surface area contributed by atoms with E-state index in [1.54, 1.807) is 23.6 Å². The topological polar surface area (TPSA) is 83.7 Å². The van der Waals surface area contributed by atoms with Crippen molar-refractivity contribution in [2.45, 2.75) is 31.9 Å². The van der Waals surface area contributed by atoms with E-state index >= 15 is 0 Å². The second-order valence-corrected chi connectivity index (χ2v) is 6.62. The lowest BCUT2D eigenvalue weighted by Gasteiger charge is -2.19. The molecule has 26 heavy (non-hydrogen) atoms. The highest BCUT2D eigenvalue weighted by molar-refractivity contribution is 5.74. The molecule has 0 radical (unpaired) electrons. The van der Waals surface area contributed by atoms with Gasteiger partial charge in [0.1, 0.15) is 24.0 Å². The number of urea groups is 1. The molecule has 0 spiro atoms. The molecule has 0 bridgehead atoms. The third-order valence-corrected chi connectivity index (χ3v) is 4.77. The largest absolute Gasteiger partial charge is 0.472 e. The van der Waals surface area contributed by atoms with Crippen LogP contribution in [0.4, 0.5) is 10.6 Å². The van der Waals surface area contributed by atoms with Crippen molar-refractivity contribution in [3.05, 3.63) is 36.5 Å². The Balaban J connectivity index is 1.28. The molecule has 8 heteroatoms. The van der Waals surface area contributed by atoms with Crippen LogP contribution in [0, 0.1) is 0 Å². The molecule has 2 aromatic rings. The minimum atomic E-state index is -0.104. The van der Waals surface area contributed by atoms with Crippen LogP contribution < -0.4 is 15.0 Å². The predicted octanol–water partition coefficient (Wildman–Crippen LogP) is 2.03. The third kappa shape index (κ3) is 3.89. The first-order valence-electron chi connectivity index (χ1n) is 9.07. The maximum atomic E-state index is 12.3. The molecular weight excluding hydrogens is 334 g/mol. The lowest BCUT2D eigenvalue weighted by Crippen LogP contribution is -2.39. The van der Waals surface area contributed by atoms with Gasteiger partial charge in [-0.2, -0.15) is 0 Å². The second-order valence-electron chi connectivity index (χ2n) is 6.62. The Hall–Kier alpha value is -2.77. The minimum absolute atomic E-state index is 0.0503. The number of rotatable bonds is 5. The maximum absolute atomic E-state index is 12.3. The second kappa shape index (κ2) is 7.63. The van der Waals surface area contributed by atoms with Gasteiger partial charge >= 0.3 is 6.03 Å². The molecule has 1 atom stereocenters. The summed E-state index contributed by atoms with van der Waals surface area (Å²) in [4.78, 5) is 24.8. The molecule has 0 aromatic carbocycles. The summed E-state index contributed by atoms with van der Waals surface area (Å²) in [7, 11) is 0. The van der Waals surface area contributed by atoms with E-state index in [9.17, 15) is 4.79 Å². The summed E-state index contributed by atoms with van der Waals surface area (Å²) < 4.78 is 11.2. The fourth-order valence-electron chi connectivity index (χ4n) is 3.38. The molecule has 2 aliphatic heterocycles. The number of anilines is 1. The Labute approximate surface area is 152 Å². The van der Waals surface area contributed by atoms with E-state index in [4.69, 9.17) is 9.15 Å². The monoisotopic (exact) mass is 357 g/mol. The van der Waals surface area contributed by atoms with Crippen LogP contribution in [0.15, 0.2) is 35.2 Å². The Kier molecular flexibility index (Phi) is 4.90. The van der Waals surface area contributed by atoms with Crippen LogP contribution in [-0.2, 0) is 6.54 Å². The third-order valence-electron chi connectivity index (χ3n) is 4.77. The SMILES string of the molecule is O=C(NCc1ccco1)N1CC[C@@H](Oc2cc(N3CCCC3)ncn2)C1. The predicted molar refractivity (Wildman–Crippen MR) is 95.0 cm³/mol. The number of nitrogens with one attached hydrogen (secondary N) is 1. The maximum Gasteiger partial charge on any atom is 0.317 e. The smallest absolute Gasteiger partial charge is 0.317 e. The number of furan rings is 1. The molecular formula is C18H23N5O3. The van der Waals surface area contributed by atoms with Gasteiger partial charge in [-0.15, -0.1) is 0 Å². The van der Waals surface area contributed by atoms with Crippen LogP contribution in [-0.4, -0.2) is 53.2 Å². The average Bonchev–Trinajstić information content (AvgIpc) is 3.41. The molecule has 0 aliphatic carbocycles. The molecule has 4 heterocycles. The molecule has 1 N–H and O–H groups in total. The molecule has 4 rings (SSSR count). The molecule has 2 aromatic heterocycles. The molecule has 2 aliphatic rings. The van der Waals surface area contributed by atoms with Crippen molar-refractivity contribution in [3.63, 3.8) is 0 Å². The number of aromatic nitrogens is 2. The van der Waals surface area contributed by atoms with Crippen molar-refractivity contribution in [1.82, 2.24) is 20.2 Å². The Bertz CT molecular complexity index is 730. The van der Waals surface area contributed by atoms with Gasteiger partial charge in [0, 0.05) is 32.1 Å². The van der Waals surface area contributed by atoms with Crippen molar-refractivity contribution in [2.75, 3.05) is 31.1 Å². The van der Waals surface area contributed by atoms with Crippen molar-refractivity contribution in [2.24, 2.45) is 0 Å². The van der Waals surface area contributed by atoms with Crippen LogP contribution >= 0.6 is 0 Å². The molecule has 2 fully saturated rings. The summed E-state index contributed by atoms with van der Waals surface area (Å²) in [6.45, 7) is 3.66. The van der Waals surface area contributed by atoms with E-state index in [0.717, 1.165) is 31.1 Å². The number of carbonyl (C=O) groups excluding carboxylic acids is 1. The highest BCUT2D eigenvalue weighted by atomic mass is 16.5. The van der Waals surface area contributed by atoms with Crippen LogP contribution in [0.2, 0.25) is 0 Å². The summed E-state index contributed by atoms with van der Waals surface area (Å²) in [5.41, 5.74) is 0. The van der Waals surface area contributed by atoms with Gasteiger partial charge < -0.3 is 24.3 Å². The highest BCUT2D eigenvalue weighted by Crippen LogP contribution is 2.22. The van der Waals surface area contributed by atoms with Crippen molar-refractivity contribution in [1.29, 1.82) is 0 Å². The van der Waals surface area contributed by atoms with Crippen LogP contribution in [0.25, 0.3) is 0 Å². The molecule has 0 saturated carbocycles. The van der Waals surface area contributed by atoms with Crippen molar-refractivity contribution in [3.8, 4) is 5.88 Å². The zero-order valence-corrected chi connectivity index (χ0v) is 14.6. The van der Waals surface area contributed by atoms with Gasteiger partial charge in [-0.1, -0.05) is 0 Å². The van der Waals surface area contributed by atoms with Gasteiger partial charge in [0.25, 0.3) is 0 Å². The summed E-state index contributed by atoms with van der Waals surface area (Å²) in [6.07, 6.45) is 6.28. The molecule has 8 nitrogen and oxygen atoms in total. The number of nitrogens with zero attached hydrogens (tertiary/aromatic N) is 4. The van der Waals surface area contributed by atoms with E-state index < -0.39 is 0 Å². The lowest BCUT2D eigenvalue weighted by molar-refractivity contribution is 0.182. The normalized spacial score (nSPS) is 19.8. The zero-order valence-electron chi connectivity index (χ0n) is 14.6. The number of hydrogen-bond donors (Lipinski definition) is 1. The van der Waals surface area contributed by atoms with E-state index in [0.29, 0.717) is 25.5 Å². The van der Waals surface area contributed by atoms with E-state index in [1.165, 1.54) is 12.8 Å². The lowest BCUT2D eigenvalue weighted by atomic mass is 10.3. The van der Waals surface area contributed by atoms with Gasteiger partial charge in [-0.3, -0.25) is 0 Å². The van der Waals surface area contributed by atoms with E-state index in [1.807, 2.05) is 12.1 Å². The van der Waals surface area contributed by atoms with Gasteiger partial charge in [0.05, 0.1) is 19.4 Å². The quantitative estimate of drug-likeness (QED) is 0.882. The van der Waals surface area contributed by atoms with E-state index in [2.05, 4.69) is 20.2 Å². The highest BCUT2D eigenvalue weighted by Gasteiger charge is 2.28. The number of amides is 2. The molecule has 2 saturated heterocycles. The molecule has 2 amide bonds. The summed E-state index contributed by atoms with van der Waals surface area (Å²) in [5, 5.41) is 2.86. The average molecular weight is 357 g/mol. The first kappa shape index (κ1) is 16.7. The Morgan fingerprint density at radius 2 is 2.19 bits per heavy atom. The first-order chi connectivity index (χ1) is 12.8. The fourth-order valence-corrected chi connectivity index (χ4v) is 3.38. The summed E-state index contributed by atoms with van der Waals surface area (Å²) >= 11 is 0. The van der Waals surface area contributed by atoms with Gasteiger partial charge in [0.15, 0.2) is 0 Å². The summed E-state index contributed by atoms with van der Waals surface area (Å²) in [6, 6.07) is 5.43. The minimum Gasteiger partial charge on any atom is -0.472 e. The number of hydrogen-bond acceptors (Lipinski definition) is 6. The van der Waals surface area contributed by atoms with Gasteiger partial charge in [0.2, 0.25) is 5.88 Å². The first-order valence-corrected chi connectivity index (χ1v) is 9.07. The Morgan fingerprint density at radius 3 is 3.00 bits per heavy atom. The Morgan fingerprint density at radius 1 is 1.31 bits per heavy atom. The van der Waals surface area contributed by atoms with Crippen molar-refractivity contribution >= 4 is 11.8 Å². The molecule has 0 unspecified atom stereocenters. The van der Waals surface area contributed by atoms with Crippen LogP contribution in [0.3, 0.4) is 0 Å². The zero-order chi connectivity index (χ0) is 17.8. The molecule has 138 valence electrons. The number of likely N-dealkylation sites (tertiary alicyclic amines) is 1. The standard InChI is InChI=1S/C18H23N5O3/c24-18(19-11-14-4-3-9-25-14)23-8-5-15(12-23)26-17-10-16(20-13-21-17)22-6-1-2-7-22/h3-4,9-10,13,15H,1-2,5-8,11-12H2,(H,19,24)/t15-/m1/s1. The van der Waals surface area contributed by atoms with Crippen LogP contribution in [0.5, 0.6) is 5.88 Å². The van der Waals surface area contributed by atoms with Crippen LogP contribution in [0.1, 0.15) is 25.0 Å². The van der Waals surface area contributed by atoms with Crippen molar-refractivity contribution < 1.29 is 13.9 Å². The number of ether oxygens (including phenoxy) is 1. The summed E-state index contributed by atoms with van der Waals surface area (Å²) in [5.74, 6) is 2.23. The fraction of sp³-hybridized carbons (Fsp3) is 0.500. The number of carbonyl (C=O) groups is 1.